The lowest BCUT2D eigenvalue weighted by Gasteiger charge is -2.02. The van der Waals surface area contributed by atoms with Gasteiger partial charge in [-0.25, -0.2) is 9.67 Å². The summed E-state index contributed by atoms with van der Waals surface area (Å²) in [6.07, 6.45) is 2.80. The van der Waals surface area contributed by atoms with Crippen molar-refractivity contribution in [2.24, 2.45) is 0 Å². The van der Waals surface area contributed by atoms with E-state index in [-0.39, 0.29) is 5.78 Å². The van der Waals surface area contributed by atoms with Crippen LogP contribution in [0.5, 0.6) is 0 Å². The van der Waals surface area contributed by atoms with E-state index in [9.17, 15) is 4.79 Å². The highest BCUT2D eigenvalue weighted by molar-refractivity contribution is 9.11. The number of carbonyl (C=O) groups excluding carboxylic acids is 1. The third-order valence-corrected chi connectivity index (χ3v) is 4.76. The highest BCUT2D eigenvalue weighted by atomic mass is 79.9. The first-order valence-corrected chi connectivity index (χ1v) is 7.38. The Kier molecular flexibility index (Phi) is 4.29. The molecule has 2 rings (SSSR count). The van der Waals surface area contributed by atoms with E-state index < -0.39 is 0 Å². The summed E-state index contributed by atoms with van der Waals surface area (Å²) in [6, 6.07) is 1.91. The maximum Gasteiger partial charge on any atom is 0.180 e. The van der Waals surface area contributed by atoms with Crippen LogP contribution in [0.1, 0.15) is 34.4 Å². The van der Waals surface area contributed by atoms with Crippen molar-refractivity contribution >= 4 is 33.0 Å². The highest BCUT2D eigenvalue weighted by Crippen LogP contribution is 2.28. The summed E-state index contributed by atoms with van der Waals surface area (Å²) < 4.78 is 2.81. The molecule has 0 aliphatic carbocycles. The van der Waals surface area contributed by atoms with Crippen LogP contribution in [0.3, 0.4) is 0 Å². The molecule has 0 bridgehead atoms. The van der Waals surface area contributed by atoms with Gasteiger partial charge in [-0.15, -0.1) is 11.3 Å². The molecule has 0 radical (unpaired) electrons. The van der Waals surface area contributed by atoms with Crippen molar-refractivity contribution in [3.05, 3.63) is 32.4 Å². The SMILES string of the molecule is CCCn1ncnc1CC(=O)c1cc(C)c(Br)s1. The van der Waals surface area contributed by atoms with Gasteiger partial charge in [0.2, 0.25) is 0 Å². The van der Waals surface area contributed by atoms with Crippen LogP contribution < -0.4 is 0 Å². The maximum absolute atomic E-state index is 12.1. The van der Waals surface area contributed by atoms with E-state index in [2.05, 4.69) is 32.9 Å². The van der Waals surface area contributed by atoms with Crippen molar-refractivity contribution in [1.82, 2.24) is 14.8 Å². The maximum atomic E-state index is 12.1. The van der Waals surface area contributed by atoms with Crippen LogP contribution in [0.4, 0.5) is 0 Å². The number of thiophene rings is 1. The Balaban J connectivity index is 2.13. The first-order chi connectivity index (χ1) is 8.61. The zero-order valence-corrected chi connectivity index (χ0v) is 12.7. The smallest absolute Gasteiger partial charge is 0.180 e. The van der Waals surface area contributed by atoms with Gasteiger partial charge in [-0.2, -0.15) is 5.10 Å². The predicted molar refractivity (Wildman–Crippen MR) is 75.1 cm³/mol. The molecule has 0 atom stereocenters. The zero-order chi connectivity index (χ0) is 13.1. The van der Waals surface area contributed by atoms with Crippen LogP contribution in [0.25, 0.3) is 0 Å². The standard InChI is InChI=1S/C12H14BrN3OS/c1-3-4-16-11(14-7-15-16)6-9(17)10-5-8(2)12(13)18-10/h5,7H,3-4,6H2,1-2H3. The second-order valence-electron chi connectivity index (χ2n) is 4.07. The van der Waals surface area contributed by atoms with Crippen molar-refractivity contribution in [2.45, 2.75) is 33.2 Å². The van der Waals surface area contributed by atoms with Gasteiger partial charge in [0.05, 0.1) is 15.1 Å². The largest absolute Gasteiger partial charge is 0.293 e. The first kappa shape index (κ1) is 13.4. The predicted octanol–water partition coefficient (Wildman–Crippen LogP) is 3.25. The summed E-state index contributed by atoms with van der Waals surface area (Å²) in [5.41, 5.74) is 1.10. The number of ketones is 1. The molecule has 0 aliphatic rings. The summed E-state index contributed by atoms with van der Waals surface area (Å²) in [4.78, 5) is 17.1. The van der Waals surface area contributed by atoms with Gasteiger partial charge in [-0.1, -0.05) is 6.92 Å². The van der Waals surface area contributed by atoms with E-state index in [1.165, 1.54) is 17.7 Å². The van der Waals surface area contributed by atoms with Gasteiger partial charge in [-0.3, -0.25) is 4.79 Å². The van der Waals surface area contributed by atoms with E-state index in [1.54, 1.807) is 4.68 Å². The Morgan fingerprint density at radius 2 is 2.33 bits per heavy atom. The van der Waals surface area contributed by atoms with E-state index >= 15 is 0 Å². The number of rotatable bonds is 5. The highest BCUT2D eigenvalue weighted by Gasteiger charge is 2.15. The van der Waals surface area contributed by atoms with Crippen LogP contribution in [-0.2, 0) is 13.0 Å². The molecule has 2 heterocycles. The number of hydrogen-bond donors (Lipinski definition) is 0. The van der Waals surface area contributed by atoms with Crippen molar-refractivity contribution < 1.29 is 4.79 Å². The Hall–Kier alpha value is -1.01. The van der Waals surface area contributed by atoms with Crippen molar-refractivity contribution in [3.8, 4) is 0 Å². The molecule has 0 aromatic carbocycles. The minimum atomic E-state index is 0.0964. The number of aryl methyl sites for hydroxylation is 2. The zero-order valence-electron chi connectivity index (χ0n) is 10.3. The Morgan fingerprint density at radius 1 is 1.56 bits per heavy atom. The Morgan fingerprint density at radius 3 is 2.94 bits per heavy atom. The summed E-state index contributed by atoms with van der Waals surface area (Å²) in [6.45, 7) is 4.86. The van der Waals surface area contributed by atoms with Gasteiger partial charge in [0.15, 0.2) is 5.78 Å². The monoisotopic (exact) mass is 327 g/mol. The van der Waals surface area contributed by atoms with E-state index in [1.807, 2.05) is 13.0 Å². The number of Topliss-reactive ketones (excluding diaryl/α,β-unsaturated/α-hetero) is 1. The van der Waals surface area contributed by atoms with E-state index in [0.29, 0.717) is 6.42 Å². The van der Waals surface area contributed by atoms with Crippen LogP contribution in [0, 0.1) is 6.92 Å². The quantitative estimate of drug-likeness (QED) is 0.792. The minimum absolute atomic E-state index is 0.0964. The molecule has 2 aromatic rings. The second-order valence-corrected chi connectivity index (χ2v) is 6.44. The molecule has 4 nitrogen and oxygen atoms in total. The number of hydrogen-bond acceptors (Lipinski definition) is 4. The molecule has 0 saturated heterocycles. The summed E-state index contributed by atoms with van der Waals surface area (Å²) in [7, 11) is 0. The fourth-order valence-corrected chi connectivity index (χ4v) is 3.12. The molecule has 18 heavy (non-hydrogen) atoms. The topological polar surface area (TPSA) is 47.8 Å². The molecular weight excluding hydrogens is 314 g/mol. The number of halogens is 1. The lowest BCUT2D eigenvalue weighted by atomic mass is 10.2. The molecule has 0 saturated carbocycles. The van der Waals surface area contributed by atoms with Crippen molar-refractivity contribution in [2.75, 3.05) is 0 Å². The van der Waals surface area contributed by atoms with Crippen LogP contribution in [0.2, 0.25) is 0 Å². The molecular formula is C12H14BrN3OS. The minimum Gasteiger partial charge on any atom is -0.293 e. The van der Waals surface area contributed by atoms with Gasteiger partial charge in [0.1, 0.15) is 12.2 Å². The number of aromatic nitrogens is 3. The van der Waals surface area contributed by atoms with Crippen molar-refractivity contribution in [1.29, 1.82) is 0 Å². The fraction of sp³-hybridized carbons (Fsp3) is 0.417. The van der Waals surface area contributed by atoms with E-state index in [4.69, 9.17) is 0 Å². The molecule has 0 unspecified atom stereocenters. The Labute approximate surface area is 118 Å². The molecule has 0 N–H and O–H groups in total. The molecule has 0 spiro atoms. The third kappa shape index (κ3) is 2.87. The lowest BCUT2D eigenvalue weighted by Crippen LogP contribution is -2.10. The Bertz CT molecular complexity index is 542. The van der Waals surface area contributed by atoms with Gasteiger partial charge in [-0.05, 0) is 40.9 Å². The van der Waals surface area contributed by atoms with Gasteiger partial charge < -0.3 is 0 Å². The summed E-state index contributed by atoms with van der Waals surface area (Å²) in [5, 5.41) is 4.12. The fourth-order valence-electron chi connectivity index (χ4n) is 1.65. The molecule has 0 amide bonds. The number of nitrogens with zero attached hydrogens (tertiary/aromatic N) is 3. The average Bonchev–Trinajstić information content (AvgIpc) is 2.88. The van der Waals surface area contributed by atoms with Gasteiger partial charge in [0, 0.05) is 6.54 Å². The summed E-state index contributed by atoms with van der Waals surface area (Å²) >= 11 is 4.91. The van der Waals surface area contributed by atoms with Gasteiger partial charge >= 0.3 is 0 Å². The van der Waals surface area contributed by atoms with Crippen LogP contribution >= 0.6 is 27.3 Å². The molecule has 96 valence electrons. The average molecular weight is 328 g/mol. The van der Waals surface area contributed by atoms with E-state index in [0.717, 1.165) is 33.0 Å². The molecule has 6 heteroatoms. The summed E-state index contributed by atoms with van der Waals surface area (Å²) in [5.74, 6) is 0.836. The lowest BCUT2D eigenvalue weighted by molar-refractivity contribution is 0.0993. The number of carbonyl (C=O) groups is 1. The van der Waals surface area contributed by atoms with Crippen molar-refractivity contribution in [3.63, 3.8) is 0 Å². The first-order valence-electron chi connectivity index (χ1n) is 5.77. The molecule has 0 fully saturated rings. The molecule has 2 aromatic heterocycles. The van der Waals surface area contributed by atoms with Crippen LogP contribution in [-0.4, -0.2) is 20.5 Å². The normalized spacial score (nSPS) is 10.8. The van der Waals surface area contributed by atoms with Crippen LogP contribution in [0.15, 0.2) is 16.2 Å². The molecule has 0 aliphatic heterocycles. The third-order valence-electron chi connectivity index (χ3n) is 2.58. The second kappa shape index (κ2) is 5.75. The van der Waals surface area contributed by atoms with Gasteiger partial charge in [0.25, 0.3) is 0 Å².